The normalized spacial score (nSPS) is 11.6. The van der Waals surface area contributed by atoms with Crippen molar-refractivity contribution in [3.63, 3.8) is 0 Å². The summed E-state index contributed by atoms with van der Waals surface area (Å²) >= 11 is 0. The average molecular weight is 413 g/mol. The highest BCUT2D eigenvalue weighted by Gasteiger charge is 2.10. The molecule has 0 fully saturated rings. The van der Waals surface area contributed by atoms with Crippen molar-refractivity contribution in [3.05, 3.63) is 77.1 Å². The summed E-state index contributed by atoms with van der Waals surface area (Å²) < 4.78 is 31.2. The predicted octanol–water partition coefficient (Wildman–Crippen LogP) is 3.96. The van der Waals surface area contributed by atoms with Gasteiger partial charge in [-0.1, -0.05) is 30.3 Å². The Balaban J connectivity index is 1.64. The van der Waals surface area contributed by atoms with Crippen molar-refractivity contribution in [2.45, 2.75) is 33.5 Å². The van der Waals surface area contributed by atoms with Gasteiger partial charge in [0.15, 0.2) is 5.96 Å². The predicted molar refractivity (Wildman–Crippen MR) is 113 cm³/mol. The van der Waals surface area contributed by atoms with E-state index in [0.717, 1.165) is 28.2 Å². The molecule has 1 aromatic heterocycles. The average Bonchev–Trinajstić information content (AvgIpc) is 3.06. The fourth-order valence-corrected chi connectivity index (χ4v) is 3.16. The summed E-state index contributed by atoms with van der Waals surface area (Å²) in [6.45, 7) is 2.11. The number of rotatable bonds is 7. The highest BCUT2D eigenvalue weighted by molar-refractivity contribution is 5.79. The third-order valence-electron chi connectivity index (χ3n) is 4.48. The maximum atomic E-state index is 12.4. The first kappa shape index (κ1) is 21.3. The summed E-state index contributed by atoms with van der Waals surface area (Å²) in [7, 11) is 1.68. The molecule has 3 rings (SSSR count). The van der Waals surface area contributed by atoms with Gasteiger partial charge in [-0.05, 0) is 49.2 Å². The number of alkyl halides is 2. The summed E-state index contributed by atoms with van der Waals surface area (Å²) in [4.78, 5) is 4.23. The van der Waals surface area contributed by atoms with Crippen LogP contribution in [-0.2, 0) is 13.1 Å². The molecule has 158 valence electrons. The van der Waals surface area contributed by atoms with Crippen molar-refractivity contribution in [2.75, 3.05) is 7.05 Å². The van der Waals surface area contributed by atoms with E-state index in [1.807, 2.05) is 54.9 Å². The van der Waals surface area contributed by atoms with Gasteiger partial charge >= 0.3 is 6.61 Å². The van der Waals surface area contributed by atoms with E-state index >= 15 is 0 Å². The number of hydrogen-bond acceptors (Lipinski definition) is 3. The number of aryl methyl sites for hydroxylation is 2. The molecule has 0 amide bonds. The van der Waals surface area contributed by atoms with Crippen molar-refractivity contribution in [1.29, 1.82) is 0 Å². The highest BCUT2D eigenvalue weighted by Crippen LogP contribution is 2.17. The molecule has 6 nitrogen and oxygen atoms in total. The third-order valence-corrected chi connectivity index (χ3v) is 4.48. The van der Waals surface area contributed by atoms with E-state index in [4.69, 9.17) is 0 Å². The molecule has 0 aliphatic carbocycles. The topological polar surface area (TPSA) is 63.5 Å². The lowest BCUT2D eigenvalue weighted by Gasteiger charge is -2.15. The van der Waals surface area contributed by atoms with Crippen LogP contribution < -0.4 is 15.4 Å². The second-order valence-electron chi connectivity index (χ2n) is 6.77. The maximum Gasteiger partial charge on any atom is 0.387 e. The molecule has 2 N–H and O–H groups in total. The summed E-state index contributed by atoms with van der Waals surface area (Å²) in [6.07, 6.45) is 0. The van der Waals surface area contributed by atoms with E-state index < -0.39 is 6.61 Å². The minimum atomic E-state index is -2.84. The molecule has 0 atom stereocenters. The van der Waals surface area contributed by atoms with Crippen LogP contribution in [0.3, 0.4) is 0 Å². The number of para-hydroxylation sites is 1. The lowest BCUT2D eigenvalue weighted by atomic mass is 10.1. The molecule has 2 aromatic carbocycles. The molecule has 0 spiro atoms. The van der Waals surface area contributed by atoms with Crippen LogP contribution in [0.5, 0.6) is 5.75 Å². The second kappa shape index (κ2) is 9.87. The van der Waals surface area contributed by atoms with Crippen LogP contribution in [-0.4, -0.2) is 29.4 Å². The van der Waals surface area contributed by atoms with E-state index in [1.54, 1.807) is 19.2 Å². The van der Waals surface area contributed by atoms with Crippen molar-refractivity contribution in [1.82, 2.24) is 20.4 Å². The van der Waals surface area contributed by atoms with Gasteiger partial charge in [0.2, 0.25) is 0 Å². The van der Waals surface area contributed by atoms with E-state index in [1.165, 1.54) is 6.07 Å². The minimum absolute atomic E-state index is 0.131. The summed E-state index contributed by atoms with van der Waals surface area (Å²) in [5.41, 5.74) is 4.90. The van der Waals surface area contributed by atoms with E-state index in [0.29, 0.717) is 19.0 Å². The van der Waals surface area contributed by atoms with E-state index in [9.17, 15) is 8.78 Å². The van der Waals surface area contributed by atoms with Gasteiger partial charge in [-0.3, -0.25) is 4.99 Å². The molecule has 0 unspecified atom stereocenters. The highest BCUT2D eigenvalue weighted by atomic mass is 19.3. The van der Waals surface area contributed by atoms with Crippen LogP contribution in [0.2, 0.25) is 0 Å². The summed E-state index contributed by atoms with van der Waals surface area (Å²) in [5.74, 6) is 0.726. The molecule has 3 aromatic rings. The number of benzene rings is 2. The number of aliphatic imine (C=N–C) groups is 1. The van der Waals surface area contributed by atoms with Crippen molar-refractivity contribution in [3.8, 4) is 11.4 Å². The Morgan fingerprint density at radius 3 is 2.53 bits per heavy atom. The molecule has 0 aliphatic heterocycles. The number of halogens is 2. The van der Waals surface area contributed by atoms with Crippen LogP contribution in [0.1, 0.15) is 22.5 Å². The van der Waals surface area contributed by atoms with Gasteiger partial charge in [0.05, 0.1) is 11.4 Å². The zero-order valence-electron chi connectivity index (χ0n) is 17.2. The molecule has 0 bridgehead atoms. The van der Waals surface area contributed by atoms with Gasteiger partial charge in [0.1, 0.15) is 5.75 Å². The quantitative estimate of drug-likeness (QED) is 0.455. The lowest BCUT2D eigenvalue weighted by Crippen LogP contribution is -2.36. The van der Waals surface area contributed by atoms with Gasteiger partial charge in [-0.15, -0.1) is 0 Å². The minimum Gasteiger partial charge on any atom is -0.435 e. The van der Waals surface area contributed by atoms with Crippen LogP contribution in [0.4, 0.5) is 8.78 Å². The second-order valence-corrected chi connectivity index (χ2v) is 6.77. The summed E-state index contributed by atoms with van der Waals surface area (Å²) in [5, 5.41) is 11.0. The standard InChI is InChI=1S/C22H25F2N5O/c1-15-11-16(2)29(28-15)20-10-5-4-8-18(20)14-27-22(25-3)26-13-17-7-6-9-19(12-17)30-21(23)24/h4-12,21H,13-14H2,1-3H3,(H2,25,26,27). The van der Waals surface area contributed by atoms with Crippen LogP contribution in [0.25, 0.3) is 5.69 Å². The smallest absolute Gasteiger partial charge is 0.387 e. The van der Waals surface area contributed by atoms with E-state index in [2.05, 4.69) is 25.5 Å². The third kappa shape index (κ3) is 5.56. The zero-order chi connectivity index (χ0) is 21.5. The van der Waals surface area contributed by atoms with Gasteiger partial charge in [-0.25, -0.2) is 4.68 Å². The Kier molecular flexibility index (Phi) is 7.00. The lowest BCUT2D eigenvalue weighted by molar-refractivity contribution is -0.0498. The van der Waals surface area contributed by atoms with Gasteiger partial charge in [-0.2, -0.15) is 13.9 Å². The molecule has 30 heavy (non-hydrogen) atoms. The molecule has 0 aliphatic rings. The Hall–Kier alpha value is -3.42. The number of hydrogen-bond donors (Lipinski definition) is 2. The molecule has 8 heteroatoms. The van der Waals surface area contributed by atoms with Crippen molar-refractivity contribution >= 4 is 5.96 Å². The first-order valence-corrected chi connectivity index (χ1v) is 9.56. The van der Waals surface area contributed by atoms with Crippen LogP contribution >= 0.6 is 0 Å². The maximum absolute atomic E-state index is 12.4. The Morgan fingerprint density at radius 2 is 1.83 bits per heavy atom. The van der Waals surface area contributed by atoms with Crippen molar-refractivity contribution in [2.24, 2.45) is 4.99 Å². The zero-order valence-corrected chi connectivity index (χ0v) is 17.2. The molecule has 0 saturated carbocycles. The molecule has 0 saturated heterocycles. The first-order valence-electron chi connectivity index (χ1n) is 9.56. The number of nitrogens with zero attached hydrogens (tertiary/aromatic N) is 3. The number of guanidine groups is 1. The fourth-order valence-electron chi connectivity index (χ4n) is 3.16. The number of nitrogens with one attached hydrogen (secondary N) is 2. The van der Waals surface area contributed by atoms with Gasteiger partial charge < -0.3 is 15.4 Å². The SMILES string of the molecule is CN=C(NCc1cccc(OC(F)F)c1)NCc1ccccc1-n1nc(C)cc1C. The molecular formula is C22H25F2N5O. The first-order chi connectivity index (χ1) is 14.5. The largest absolute Gasteiger partial charge is 0.435 e. The Morgan fingerprint density at radius 1 is 1.07 bits per heavy atom. The monoisotopic (exact) mass is 413 g/mol. The van der Waals surface area contributed by atoms with E-state index in [-0.39, 0.29) is 5.75 Å². The number of aromatic nitrogens is 2. The summed E-state index contributed by atoms with van der Waals surface area (Å²) in [6, 6.07) is 16.7. The van der Waals surface area contributed by atoms with Gasteiger partial charge in [0.25, 0.3) is 0 Å². The van der Waals surface area contributed by atoms with Crippen molar-refractivity contribution < 1.29 is 13.5 Å². The fraction of sp³-hybridized carbons (Fsp3) is 0.273. The molecule has 1 heterocycles. The van der Waals surface area contributed by atoms with Crippen LogP contribution in [0, 0.1) is 13.8 Å². The number of ether oxygens (including phenoxy) is 1. The van der Waals surface area contributed by atoms with Crippen LogP contribution in [0.15, 0.2) is 59.6 Å². The Labute approximate surface area is 174 Å². The Bertz CT molecular complexity index is 1020. The molecule has 0 radical (unpaired) electrons. The molecular weight excluding hydrogens is 388 g/mol. The van der Waals surface area contributed by atoms with Gasteiger partial charge in [0, 0.05) is 25.8 Å².